The summed E-state index contributed by atoms with van der Waals surface area (Å²) in [5, 5.41) is 5.69. The van der Waals surface area contributed by atoms with Crippen molar-refractivity contribution in [1.82, 2.24) is 20.4 Å². The van der Waals surface area contributed by atoms with Crippen molar-refractivity contribution in [2.75, 3.05) is 32.7 Å². The molecule has 2 saturated heterocycles. The number of nitrogens with zero attached hydrogens (tertiary/aromatic N) is 2. The molecule has 2 fully saturated rings. The topological polar surface area (TPSA) is 81.8 Å². The van der Waals surface area contributed by atoms with Crippen molar-refractivity contribution in [1.29, 1.82) is 0 Å². The number of halogens is 1. The second-order valence-electron chi connectivity index (χ2n) is 7.70. The molecule has 2 heterocycles. The Morgan fingerprint density at radius 3 is 2.03 bits per heavy atom. The summed E-state index contributed by atoms with van der Waals surface area (Å²) in [6.07, 6.45) is 2.38. The van der Waals surface area contributed by atoms with Gasteiger partial charge in [0.15, 0.2) is 5.54 Å². The van der Waals surface area contributed by atoms with E-state index in [1.807, 2.05) is 60.7 Å². The SMILES string of the molecule is Cl.O=C(CN1C(=O)NC(c2ccccc2)(c2ccccc2)C1=O)NCCN1CCCC1. The number of hydrogen-bond acceptors (Lipinski definition) is 4. The molecule has 7 nitrogen and oxygen atoms in total. The number of imide groups is 1. The van der Waals surface area contributed by atoms with E-state index < -0.39 is 17.5 Å². The number of amides is 4. The van der Waals surface area contributed by atoms with Gasteiger partial charge in [-0.1, -0.05) is 60.7 Å². The first-order valence-corrected chi connectivity index (χ1v) is 10.4. The lowest BCUT2D eigenvalue weighted by atomic mass is 9.82. The van der Waals surface area contributed by atoms with Gasteiger partial charge in [-0.3, -0.25) is 14.5 Å². The van der Waals surface area contributed by atoms with Crippen molar-refractivity contribution in [2.45, 2.75) is 18.4 Å². The standard InChI is InChI=1S/C23H26N4O3.ClH/c28-20(24-13-16-26-14-7-8-15-26)17-27-21(29)23(25-22(27)30,18-9-3-1-4-10-18)19-11-5-2-6-12-19;/h1-6,9-12H,7-8,13-17H2,(H,24,28)(H,25,30);1H. The summed E-state index contributed by atoms with van der Waals surface area (Å²) in [6.45, 7) is 3.10. The molecule has 2 aromatic carbocycles. The zero-order valence-corrected chi connectivity index (χ0v) is 18.1. The van der Waals surface area contributed by atoms with Crippen LogP contribution in [0, 0.1) is 0 Å². The van der Waals surface area contributed by atoms with Gasteiger partial charge in [-0.25, -0.2) is 4.79 Å². The van der Waals surface area contributed by atoms with Crippen molar-refractivity contribution in [3.63, 3.8) is 0 Å². The molecule has 4 amide bonds. The molecule has 0 bridgehead atoms. The third-order valence-electron chi connectivity index (χ3n) is 5.77. The molecule has 0 aromatic heterocycles. The Morgan fingerprint density at radius 1 is 0.935 bits per heavy atom. The number of urea groups is 1. The van der Waals surface area contributed by atoms with Gasteiger partial charge in [-0.2, -0.15) is 0 Å². The Kier molecular flexibility index (Phi) is 7.30. The summed E-state index contributed by atoms with van der Waals surface area (Å²) in [5.41, 5.74) is -0.0203. The Labute approximate surface area is 188 Å². The van der Waals surface area contributed by atoms with E-state index in [1.54, 1.807) is 0 Å². The number of likely N-dealkylation sites (tertiary alicyclic amines) is 1. The lowest BCUT2D eigenvalue weighted by molar-refractivity contribution is -0.134. The second kappa shape index (κ2) is 9.94. The van der Waals surface area contributed by atoms with E-state index in [1.165, 1.54) is 12.8 Å². The maximum atomic E-state index is 13.5. The quantitative estimate of drug-likeness (QED) is 0.643. The summed E-state index contributed by atoms with van der Waals surface area (Å²) in [5.74, 6) is -0.783. The number of rotatable bonds is 7. The highest BCUT2D eigenvalue weighted by Crippen LogP contribution is 2.35. The van der Waals surface area contributed by atoms with Gasteiger partial charge in [-0.05, 0) is 37.1 Å². The van der Waals surface area contributed by atoms with Crippen LogP contribution in [-0.2, 0) is 15.1 Å². The number of carbonyl (C=O) groups is 3. The minimum Gasteiger partial charge on any atom is -0.353 e. The molecule has 2 aliphatic heterocycles. The van der Waals surface area contributed by atoms with E-state index in [4.69, 9.17) is 0 Å². The van der Waals surface area contributed by atoms with E-state index >= 15 is 0 Å². The number of hydrogen-bond donors (Lipinski definition) is 2. The third-order valence-corrected chi connectivity index (χ3v) is 5.77. The Bertz CT molecular complexity index is 877. The first kappa shape index (κ1) is 22.8. The van der Waals surface area contributed by atoms with Gasteiger partial charge in [0.1, 0.15) is 6.54 Å². The van der Waals surface area contributed by atoms with E-state index in [2.05, 4.69) is 15.5 Å². The van der Waals surface area contributed by atoms with Gasteiger partial charge >= 0.3 is 6.03 Å². The molecule has 2 aliphatic rings. The molecule has 2 aromatic rings. The van der Waals surface area contributed by atoms with E-state index in [-0.39, 0.29) is 24.9 Å². The molecule has 0 atom stereocenters. The average molecular weight is 443 g/mol. The van der Waals surface area contributed by atoms with E-state index in [0.717, 1.165) is 24.5 Å². The van der Waals surface area contributed by atoms with Crippen molar-refractivity contribution < 1.29 is 14.4 Å². The molecule has 0 radical (unpaired) electrons. The maximum absolute atomic E-state index is 13.5. The van der Waals surface area contributed by atoms with Crippen LogP contribution >= 0.6 is 12.4 Å². The van der Waals surface area contributed by atoms with Crippen LogP contribution in [0.15, 0.2) is 60.7 Å². The lowest BCUT2D eigenvalue weighted by Crippen LogP contribution is -2.46. The van der Waals surface area contributed by atoms with Crippen LogP contribution < -0.4 is 10.6 Å². The summed E-state index contributed by atoms with van der Waals surface area (Å²) in [4.78, 5) is 42.0. The lowest BCUT2D eigenvalue weighted by Gasteiger charge is -2.28. The van der Waals surface area contributed by atoms with Gasteiger partial charge < -0.3 is 15.5 Å². The molecule has 8 heteroatoms. The van der Waals surface area contributed by atoms with Crippen molar-refractivity contribution in [3.05, 3.63) is 71.8 Å². The number of carbonyl (C=O) groups excluding carboxylic acids is 3. The zero-order chi connectivity index (χ0) is 21.0. The first-order valence-electron chi connectivity index (χ1n) is 10.4. The van der Waals surface area contributed by atoms with Crippen molar-refractivity contribution >= 4 is 30.3 Å². The predicted molar refractivity (Wildman–Crippen MR) is 120 cm³/mol. The molecule has 31 heavy (non-hydrogen) atoms. The first-order chi connectivity index (χ1) is 14.6. The van der Waals surface area contributed by atoms with Crippen molar-refractivity contribution in [3.8, 4) is 0 Å². The van der Waals surface area contributed by atoms with Crippen LogP contribution in [0.2, 0.25) is 0 Å². The van der Waals surface area contributed by atoms with Crippen LogP contribution in [0.1, 0.15) is 24.0 Å². The summed E-state index contributed by atoms with van der Waals surface area (Å²) in [6, 6.07) is 17.7. The van der Waals surface area contributed by atoms with Crippen LogP contribution in [0.25, 0.3) is 0 Å². The molecular formula is C23H27ClN4O3. The van der Waals surface area contributed by atoms with Gasteiger partial charge in [0.2, 0.25) is 5.91 Å². The fourth-order valence-electron chi connectivity index (χ4n) is 4.21. The number of benzene rings is 2. The Balaban J connectivity index is 0.00000272. The molecule has 0 spiro atoms. The Morgan fingerprint density at radius 2 is 1.48 bits per heavy atom. The normalized spacial score (nSPS) is 17.9. The summed E-state index contributed by atoms with van der Waals surface area (Å²) < 4.78 is 0. The number of nitrogens with one attached hydrogen (secondary N) is 2. The molecule has 2 N–H and O–H groups in total. The molecule has 0 unspecified atom stereocenters. The van der Waals surface area contributed by atoms with Crippen LogP contribution in [-0.4, -0.2) is 60.4 Å². The van der Waals surface area contributed by atoms with Crippen LogP contribution in [0.4, 0.5) is 4.79 Å². The molecular weight excluding hydrogens is 416 g/mol. The fourth-order valence-corrected chi connectivity index (χ4v) is 4.21. The largest absolute Gasteiger partial charge is 0.353 e. The molecule has 4 rings (SSSR count). The highest BCUT2D eigenvalue weighted by molar-refractivity contribution is 6.11. The highest BCUT2D eigenvalue weighted by Gasteiger charge is 2.53. The maximum Gasteiger partial charge on any atom is 0.326 e. The van der Waals surface area contributed by atoms with Gasteiger partial charge in [0.05, 0.1) is 0 Å². The molecule has 0 saturated carbocycles. The van der Waals surface area contributed by atoms with Crippen LogP contribution in [0.5, 0.6) is 0 Å². The van der Waals surface area contributed by atoms with Gasteiger partial charge in [0, 0.05) is 13.1 Å². The van der Waals surface area contributed by atoms with Crippen molar-refractivity contribution in [2.24, 2.45) is 0 Å². The van der Waals surface area contributed by atoms with Crippen LogP contribution in [0.3, 0.4) is 0 Å². The molecule has 164 valence electrons. The molecule has 0 aliphatic carbocycles. The Hall–Kier alpha value is -2.90. The fraction of sp³-hybridized carbons (Fsp3) is 0.348. The second-order valence-corrected chi connectivity index (χ2v) is 7.70. The van der Waals surface area contributed by atoms with Gasteiger partial charge in [-0.15, -0.1) is 12.4 Å². The van der Waals surface area contributed by atoms with Gasteiger partial charge in [0.25, 0.3) is 5.91 Å². The minimum absolute atomic E-state index is 0. The smallest absolute Gasteiger partial charge is 0.326 e. The van der Waals surface area contributed by atoms with E-state index in [9.17, 15) is 14.4 Å². The highest BCUT2D eigenvalue weighted by atomic mass is 35.5. The summed E-state index contributed by atoms with van der Waals surface area (Å²) >= 11 is 0. The van der Waals surface area contributed by atoms with E-state index in [0.29, 0.717) is 17.7 Å². The predicted octanol–water partition coefficient (Wildman–Crippen LogP) is 2.12. The average Bonchev–Trinajstić information content (AvgIpc) is 3.38. The summed E-state index contributed by atoms with van der Waals surface area (Å²) in [7, 11) is 0. The zero-order valence-electron chi connectivity index (χ0n) is 17.3. The minimum atomic E-state index is -1.34. The third kappa shape index (κ3) is 4.57. The monoisotopic (exact) mass is 442 g/mol.